The van der Waals surface area contributed by atoms with Crippen LogP contribution in [0.25, 0.3) is 0 Å². The highest BCUT2D eigenvalue weighted by atomic mass is 16.3. The first-order valence-corrected chi connectivity index (χ1v) is 6.30. The molecule has 0 unspecified atom stereocenters. The molecule has 0 atom stereocenters. The van der Waals surface area contributed by atoms with Gasteiger partial charge in [-0.1, -0.05) is 6.08 Å². The predicted molar refractivity (Wildman–Crippen MR) is 69.8 cm³/mol. The highest BCUT2D eigenvalue weighted by Gasteiger charge is 2.20. The van der Waals surface area contributed by atoms with E-state index in [2.05, 4.69) is 29.9 Å². The number of rotatable bonds is 7. The average Bonchev–Trinajstić information content (AvgIpc) is 3.02. The minimum atomic E-state index is 0.746. The largest absolute Gasteiger partial charge is 0.465 e. The lowest BCUT2D eigenvalue weighted by Crippen LogP contribution is -2.17. The molecular weight excluding hydrogens is 212 g/mol. The lowest BCUT2D eigenvalue weighted by atomic mass is 10.2. The molecule has 2 rings (SSSR count). The average molecular weight is 234 g/mol. The van der Waals surface area contributed by atoms with Crippen LogP contribution in [0.5, 0.6) is 0 Å². The molecule has 0 aliphatic heterocycles. The van der Waals surface area contributed by atoms with Crippen molar-refractivity contribution in [1.82, 2.24) is 10.2 Å². The standard InChI is InChI=1S/C14H22N2O/c1-4-7-16(3)10-14-8-12(11(2)17-14)9-15-13-5-6-13/h4,8,13,15H,1,5-7,9-10H2,2-3H3. The summed E-state index contributed by atoms with van der Waals surface area (Å²) in [6.07, 6.45) is 4.56. The lowest BCUT2D eigenvalue weighted by molar-refractivity contribution is 0.319. The van der Waals surface area contributed by atoms with Crippen LogP contribution in [0.4, 0.5) is 0 Å². The van der Waals surface area contributed by atoms with E-state index in [0.29, 0.717) is 0 Å². The molecule has 1 fully saturated rings. The molecule has 0 saturated heterocycles. The Morgan fingerprint density at radius 3 is 3.00 bits per heavy atom. The molecule has 1 aromatic heterocycles. The summed E-state index contributed by atoms with van der Waals surface area (Å²) in [7, 11) is 2.07. The van der Waals surface area contributed by atoms with Crippen LogP contribution in [-0.4, -0.2) is 24.5 Å². The van der Waals surface area contributed by atoms with Gasteiger partial charge in [-0.05, 0) is 32.9 Å². The molecule has 0 spiro atoms. The summed E-state index contributed by atoms with van der Waals surface area (Å²) in [4.78, 5) is 2.18. The Bertz CT molecular complexity index is 380. The second kappa shape index (κ2) is 5.52. The molecule has 1 heterocycles. The van der Waals surface area contributed by atoms with Crippen LogP contribution in [-0.2, 0) is 13.1 Å². The van der Waals surface area contributed by atoms with Gasteiger partial charge in [-0.25, -0.2) is 0 Å². The molecule has 3 nitrogen and oxygen atoms in total. The van der Waals surface area contributed by atoms with Crippen molar-refractivity contribution >= 4 is 0 Å². The van der Waals surface area contributed by atoms with E-state index in [9.17, 15) is 0 Å². The van der Waals surface area contributed by atoms with Crippen LogP contribution in [0.1, 0.15) is 29.9 Å². The third-order valence-corrected chi connectivity index (χ3v) is 3.10. The smallest absolute Gasteiger partial charge is 0.118 e. The number of furan rings is 1. The van der Waals surface area contributed by atoms with Gasteiger partial charge in [-0.2, -0.15) is 0 Å². The summed E-state index contributed by atoms with van der Waals surface area (Å²) < 4.78 is 5.77. The quantitative estimate of drug-likeness (QED) is 0.735. The molecule has 1 aliphatic rings. The SMILES string of the molecule is C=CCN(C)Cc1cc(CNC2CC2)c(C)o1. The minimum absolute atomic E-state index is 0.746. The molecule has 1 aliphatic carbocycles. The molecule has 17 heavy (non-hydrogen) atoms. The van der Waals surface area contributed by atoms with Crippen LogP contribution in [0.15, 0.2) is 23.1 Å². The van der Waals surface area contributed by atoms with E-state index in [1.807, 2.05) is 13.0 Å². The molecule has 1 aromatic rings. The van der Waals surface area contributed by atoms with Crippen molar-refractivity contribution < 1.29 is 4.42 Å². The van der Waals surface area contributed by atoms with Crippen molar-refractivity contribution in [2.24, 2.45) is 0 Å². The first kappa shape index (κ1) is 12.4. The van der Waals surface area contributed by atoms with Gasteiger partial charge >= 0.3 is 0 Å². The van der Waals surface area contributed by atoms with Crippen molar-refractivity contribution in [2.45, 2.75) is 38.9 Å². The van der Waals surface area contributed by atoms with Crippen LogP contribution < -0.4 is 5.32 Å². The zero-order valence-corrected chi connectivity index (χ0v) is 10.8. The maximum atomic E-state index is 5.77. The summed E-state index contributed by atoms with van der Waals surface area (Å²) in [6, 6.07) is 2.92. The van der Waals surface area contributed by atoms with E-state index in [4.69, 9.17) is 4.42 Å². The maximum Gasteiger partial charge on any atom is 0.118 e. The summed E-state index contributed by atoms with van der Waals surface area (Å²) in [5.41, 5.74) is 1.29. The van der Waals surface area contributed by atoms with Gasteiger partial charge < -0.3 is 9.73 Å². The number of aryl methyl sites for hydroxylation is 1. The van der Waals surface area contributed by atoms with Gasteiger partial charge in [0.25, 0.3) is 0 Å². The zero-order chi connectivity index (χ0) is 12.3. The van der Waals surface area contributed by atoms with Crippen molar-refractivity contribution in [2.75, 3.05) is 13.6 Å². The number of likely N-dealkylation sites (N-methyl/N-ethyl adjacent to an activating group) is 1. The lowest BCUT2D eigenvalue weighted by Gasteiger charge is -2.11. The summed E-state index contributed by atoms with van der Waals surface area (Å²) >= 11 is 0. The molecule has 0 amide bonds. The van der Waals surface area contributed by atoms with Crippen molar-refractivity contribution in [3.05, 3.63) is 35.8 Å². The van der Waals surface area contributed by atoms with Crippen molar-refractivity contribution in [1.29, 1.82) is 0 Å². The van der Waals surface area contributed by atoms with E-state index in [1.165, 1.54) is 18.4 Å². The Labute approximate surface area is 103 Å². The van der Waals surface area contributed by atoms with E-state index in [-0.39, 0.29) is 0 Å². The van der Waals surface area contributed by atoms with Gasteiger partial charge in [0.1, 0.15) is 11.5 Å². The number of nitrogens with zero attached hydrogens (tertiary/aromatic N) is 1. The van der Waals surface area contributed by atoms with Crippen molar-refractivity contribution in [3.8, 4) is 0 Å². The second-order valence-electron chi connectivity index (χ2n) is 4.93. The van der Waals surface area contributed by atoms with Gasteiger partial charge in [0, 0.05) is 24.7 Å². The van der Waals surface area contributed by atoms with E-state index in [0.717, 1.165) is 37.2 Å². The predicted octanol–water partition coefficient (Wildman–Crippen LogP) is 2.46. The van der Waals surface area contributed by atoms with Crippen LogP contribution in [0.2, 0.25) is 0 Å². The number of hydrogen-bond acceptors (Lipinski definition) is 3. The Hall–Kier alpha value is -1.06. The fraction of sp³-hybridized carbons (Fsp3) is 0.571. The van der Waals surface area contributed by atoms with Crippen LogP contribution >= 0.6 is 0 Å². The molecular formula is C14H22N2O. The zero-order valence-electron chi connectivity index (χ0n) is 10.8. The maximum absolute atomic E-state index is 5.77. The van der Waals surface area contributed by atoms with Gasteiger partial charge in [0.2, 0.25) is 0 Å². The first-order valence-electron chi connectivity index (χ1n) is 6.30. The molecule has 0 radical (unpaired) electrons. The molecule has 0 bridgehead atoms. The monoisotopic (exact) mass is 234 g/mol. The van der Waals surface area contributed by atoms with Gasteiger partial charge in [0.15, 0.2) is 0 Å². The molecule has 1 saturated carbocycles. The van der Waals surface area contributed by atoms with Gasteiger partial charge in [-0.3, -0.25) is 4.90 Å². The molecule has 94 valence electrons. The fourth-order valence-corrected chi connectivity index (χ4v) is 1.93. The highest BCUT2D eigenvalue weighted by molar-refractivity contribution is 5.21. The van der Waals surface area contributed by atoms with E-state index >= 15 is 0 Å². The third-order valence-electron chi connectivity index (χ3n) is 3.10. The van der Waals surface area contributed by atoms with E-state index in [1.54, 1.807) is 0 Å². The Morgan fingerprint density at radius 1 is 1.59 bits per heavy atom. The Morgan fingerprint density at radius 2 is 2.35 bits per heavy atom. The second-order valence-corrected chi connectivity index (χ2v) is 4.93. The fourth-order valence-electron chi connectivity index (χ4n) is 1.93. The number of hydrogen-bond donors (Lipinski definition) is 1. The highest BCUT2D eigenvalue weighted by Crippen LogP contribution is 2.21. The normalized spacial score (nSPS) is 15.5. The Balaban J connectivity index is 1.89. The van der Waals surface area contributed by atoms with Gasteiger partial charge in [-0.15, -0.1) is 6.58 Å². The molecule has 0 aromatic carbocycles. The topological polar surface area (TPSA) is 28.4 Å². The third kappa shape index (κ3) is 3.72. The summed E-state index contributed by atoms with van der Waals surface area (Å²) in [5, 5.41) is 3.52. The van der Waals surface area contributed by atoms with Crippen LogP contribution in [0.3, 0.4) is 0 Å². The summed E-state index contributed by atoms with van der Waals surface area (Å²) in [5.74, 6) is 2.08. The Kier molecular flexibility index (Phi) is 4.02. The van der Waals surface area contributed by atoms with E-state index < -0.39 is 0 Å². The molecule has 1 N–H and O–H groups in total. The molecule has 3 heteroatoms. The first-order chi connectivity index (χ1) is 8.19. The minimum Gasteiger partial charge on any atom is -0.465 e. The van der Waals surface area contributed by atoms with Crippen molar-refractivity contribution in [3.63, 3.8) is 0 Å². The van der Waals surface area contributed by atoms with Crippen LogP contribution in [0, 0.1) is 6.92 Å². The number of nitrogens with one attached hydrogen (secondary N) is 1. The summed E-state index contributed by atoms with van der Waals surface area (Å²) in [6.45, 7) is 8.44. The van der Waals surface area contributed by atoms with Gasteiger partial charge in [0.05, 0.1) is 6.54 Å².